The highest BCUT2D eigenvalue weighted by Crippen LogP contribution is 2.11. The summed E-state index contributed by atoms with van der Waals surface area (Å²) in [5.41, 5.74) is 0.508. The molecule has 1 aromatic carbocycles. The van der Waals surface area contributed by atoms with Crippen molar-refractivity contribution in [1.29, 1.82) is 5.26 Å². The van der Waals surface area contributed by atoms with Crippen LogP contribution in [0.15, 0.2) is 24.3 Å². The Kier molecular flexibility index (Phi) is 6.04. The average Bonchev–Trinajstić information content (AvgIpc) is 2.46. The van der Waals surface area contributed by atoms with Crippen molar-refractivity contribution >= 4 is 11.9 Å². The molecule has 1 rings (SSSR count). The fourth-order valence-corrected chi connectivity index (χ4v) is 1.47. The van der Waals surface area contributed by atoms with Gasteiger partial charge in [0.05, 0.1) is 17.6 Å². The molecule has 1 amide bonds. The van der Waals surface area contributed by atoms with Crippen LogP contribution in [-0.4, -0.2) is 30.1 Å². The van der Waals surface area contributed by atoms with E-state index < -0.39 is 11.9 Å². The molecule has 1 atom stereocenters. The molecule has 0 spiro atoms. The smallest absolute Gasteiger partial charge is 0.308 e. The Morgan fingerprint density at radius 1 is 1.40 bits per heavy atom. The van der Waals surface area contributed by atoms with Crippen LogP contribution in [0.2, 0.25) is 0 Å². The molecule has 0 aromatic heterocycles. The minimum atomic E-state index is -0.930. The number of ether oxygens (including phenoxy) is 1. The minimum absolute atomic E-state index is 0.0847. The van der Waals surface area contributed by atoms with Crippen LogP contribution in [0.3, 0.4) is 0 Å². The Balaban J connectivity index is 2.36. The summed E-state index contributed by atoms with van der Waals surface area (Å²) in [6.45, 7) is 1.64. The summed E-state index contributed by atoms with van der Waals surface area (Å²) in [7, 11) is 0. The minimum Gasteiger partial charge on any atom is -0.484 e. The van der Waals surface area contributed by atoms with Gasteiger partial charge in [0.15, 0.2) is 6.61 Å². The summed E-state index contributed by atoms with van der Waals surface area (Å²) in [5.74, 6) is -1.42. The van der Waals surface area contributed by atoms with Crippen LogP contribution in [-0.2, 0) is 9.59 Å². The van der Waals surface area contributed by atoms with Gasteiger partial charge in [0, 0.05) is 6.54 Å². The van der Waals surface area contributed by atoms with Crippen molar-refractivity contribution in [2.24, 2.45) is 5.92 Å². The highest BCUT2D eigenvalue weighted by Gasteiger charge is 2.15. The highest BCUT2D eigenvalue weighted by molar-refractivity contribution is 5.78. The lowest BCUT2D eigenvalue weighted by Gasteiger charge is -2.11. The molecule has 20 heavy (non-hydrogen) atoms. The number of benzene rings is 1. The molecule has 6 nitrogen and oxygen atoms in total. The number of hydrogen-bond donors (Lipinski definition) is 2. The number of hydrogen-bond acceptors (Lipinski definition) is 4. The molecule has 1 aromatic rings. The van der Waals surface area contributed by atoms with Crippen LogP contribution in [0.25, 0.3) is 0 Å². The Morgan fingerprint density at radius 2 is 2.05 bits per heavy atom. The Labute approximate surface area is 117 Å². The van der Waals surface area contributed by atoms with Gasteiger partial charge in [-0.25, -0.2) is 0 Å². The Morgan fingerprint density at radius 3 is 2.55 bits per heavy atom. The van der Waals surface area contributed by atoms with E-state index in [1.54, 1.807) is 31.2 Å². The van der Waals surface area contributed by atoms with E-state index in [1.165, 1.54) is 0 Å². The second-order valence-electron chi connectivity index (χ2n) is 4.17. The predicted molar refractivity (Wildman–Crippen MR) is 71.1 cm³/mol. The van der Waals surface area contributed by atoms with E-state index >= 15 is 0 Å². The third-order valence-electron chi connectivity index (χ3n) is 2.74. The number of nitrogens with zero attached hydrogens (tertiary/aromatic N) is 1. The van der Waals surface area contributed by atoms with Crippen molar-refractivity contribution < 1.29 is 19.4 Å². The largest absolute Gasteiger partial charge is 0.484 e. The summed E-state index contributed by atoms with van der Waals surface area (Å²) in [6, 6.07) is 8.34. The van der Waals surface area contributed by atoms with Crippen molar-refractivity contribution in [3.05, 3.63) is 29.8 Å². The van der Waals surface area contributed by atoms with Gasteiger partial charge < -0.3 is 15.2 Å². The first-order valence-electron chi connectivity index (χ1n) is 6.19. The summed E-state index contributed by atoms with van der Waals surface area (Å²) in [5, 5.41) is 20.0. The zero-order valence-electron chi connectivity index (χ0n) is 11.1. The molecule has 0 heterocycles. The van der Waals surface area contributed by atoms with E-state index in [0.717, 1.165) is 0 Å². The maximum atomic E-state index is 11.5. The van der Waals surface area contributed by atoms with E-state index in [1.807, 2.05) is 6.07 Å². The first kappa shape index (κ1) is 15.5. The van der Waals surface area contributed by atoms with E-state index in [2.05, 4.69) is 5.32 Å². The van der Waals surface area contributed by atoms with Gasteiger partial charge in [-0.05, 0) is 30.7 Å². The number of aliphatic carboxylic acids is 1. The SMILES string of the molecule is CCC(CNC(=O)COc1ccc(C#N)cc1)C(=O)O. The lowest BCUT2D eigenvalue weighted by Crippen LogP contribution is -2.35. The van der Waals surface area contributed by atoms with Gasteiger partial charge in [0.25, 0.3) is 5.91 Å². The number of carboxylic acids is 1. The normalized spacial score (nSPS) is 11.2. The van der Waals surface area contributed by atoms with Crippen LogP contribution < -0.4 is 10.1 Å². The fourth-order valence-electron chi connectivity index (χ4n) is 1.47. The number of carbonyl (C=O) groups is 2. The van der Waals surface area contributed by atoms with E-state index in [9.17, 15) is 9.59 Å². The molecule has 6 heteroatoms. The molecule has 0 aliphatic heterocycles. The van der Waals surface area contributed by atoms with Crippen LogP contribution in [0, 0.1) is 17.2 Å². The quantitative estimate of drug-likeness (QED) is 0.778. The fraction of sp³-hybridized carbons (Fsp3) is 0.357. The van der Waals surface area contributed by atoms with Crippen molar-refractivity contribution in [3.63, 3.8) is 0 Å². The Hall–Kier alpha value is -2.55. The molecule has 2 N–H and O–H groups in total. The van der Waals surface area contributed by atoms with Gasteiger partial charge in [0.2, 0.25) is 0 Å². The topological polar surface area (TPSA) is 99.4 Å². The van der Waals surface area contributed by atoms with Crippen LogP contribution >= 0.6 is 0 Å². The summed E-state index contributed by atoms with van der Waals surface area (Å²) in [4.78, 5) is 22.3. The standard InChI is InChI=1S/C14H16N2O4/c1-2-11(14(18)19)8-16-13(17)9-20-12-5-3-10(7-15)4-6-12/h3-6,11H,2,8-9H2,1H3,(H,16,17)(H,18,19). The van der Waals surface area contributed by atoms with Gasteiger partial charge in [-0.3, -0.25) is 9.59 Å². The third kappa shape index (κ3) is 4.98. The van der Waals surface area contributed by atoms with Crippen molar-refractivity contribution in [2.45, 2.75) is 13.3 Å². The first-order valence-corrected chi connectivity index (χ1v) is 6.19. The lowest BCUT2D eigenvalue weighted by molar-refractivity contribution is -0.141. The van der Waals surface area contributed by atoms with Gasteiger partial charge in [-0.15, -0.1) is 0 Å². The molecule has 0 aliphatic rings. The van der Waals surface area contributed by atoms with E-state index in [4.69, 9.17) is 15.1 Å². The van der Waals surface area contributed by atoms with Crippen molar-refractivity contribution in [3.8, 4) is 11.8 Å². The van der Waals surface area contributed by atoms with Gasteiger partial charge in [0.1, 0.15) is 5.75 Å². The number of nitrogens with one attached hydrogen (secondary N) is 1. The average molecular weight is 276 g/mol. The second kappa shape index (κ2) is 7.79. The number of carbonyl (C=O) groups excluding carboxylic acids is 1. The molecular weight excluding hydrogens is 260 g/mol. The van der Waals surface area contributed by atoms with Crippen LogP contribution in [0.4, 0.5) is 0 Å². The van der Waals surface area contributed by atoms with Crippen molar-refractivity contribution in [1.82, 2.24) is 5.32 Å². The molecule has 1 unspecified atom stereocenters. The van der Waals surface area contributed by atoms with Crippen molar-refractivity contribution in [2.75, 3.05) is 13.2 Å². The monoisotopic (exact) mass is 276 g/mol. The molecular formula is C14H16N2O4. The molecule has 0 fully saturated rings. The molecule has 0 saturated carbocycles. The zero-order valence-corrected chi connectivity index (χ0v) is 11.1. The van der Waals surface area contributed by atoms with Gasteiger partial charge in [-0.1, -0.05) is 6.92 Å². The Bertz CT molecular complexity index is 505. The molecule has 0 saturated heterocycles. The summed E-state index contributed by atoms with van der Waals surface area (Å²) >= 11 is 0. The molecule has 0 radical (unpaired) electrons. The summed E-state index contributed by atoms with van der Waals surface area (Å²) < 4.78 is 5.22. The second-order valence-corrected chi connectivity index (χ2v) is 4.17. The van der Waals surface area contributed by atoms with E-state index in [0.29, 0.717) is 17.7 Å². The predicted octanol–water partition coefficient (Wildman–Crippen LogP) is 1.16. The van der Waals surface area contributed by atoms with Crippen LogP contribution in [0.1, 0.15) is 18.9 Å². The van der Waals surface area contributed by atoms with Crippen LogP contribution in [0.5, 0.6) is 5.75 Å². The van der Waals surface area contributed by atoms with Gasteiger partial charge >= 0.3 is 5.97 Å². The summed E-state index contributed by atoms with van der Waals surface area (Å²) in [6.07, 6.45) is 0.450. The molecule has 0 bridgehead atoms. The number of amides is 1. The zero-order chi connectivity index (χ0) is 15.0. The van der Waals surface area contributed by atoms with Gasteiger partial charge in [-0.2, -0.15) is 5.26 Å². The highest BCUT2D eigenvalue weighted by atomic mass is 16.5. The molecule has 0 aliphatic carbocycles. The lowest BCUT2D eigenvalue weighted by atomic mass is 10.1. The molecule has 106 valence electrons. The number of rotatable bonds is 7. The maximum absolute atomic E-state index is 11.5. The van der Waals surface area contributed by atoms with E-state index in [-0.39, 0.29) is 19.1 Å². The number of carboxylic acid groups (broad SMARTS) is 1. The third-order valence-corrected chi connectivity index (χ3v) is 2.74. The maximum Gasteiger partial charge on any atom is 0.308 e. The number of nitriles is 1. The first-order chi connectivity index (χ1) is 9.56.